The van der Waals surface area contributed by atoms with E-state index in [2.05, 4.69) is 10.1 Å². The maximum Gasteiger partial charge on any atom is 0.248 e. The largest absolute Gasteiger partial charge is 0.381 e. The number of rotatable bonds is 4. The van der Waals surface area contributed by atoms with Crippen molar-refractivity contribution in [1.82, 2.24) is 19.1 Å². The van der Waals surface area contributed by atoms with Crippen molar-refractivity contribution in [2.24, 2.45) is 7.05 Å². The van der Waals surface area contributed by atoms with Crippen LogP contribution in [0.4, 0.5) is 5.82 Å². The summed E-state index contributed by atoms with van der Waals surface area (Å²) in [5.74, 6) is 0.000497. The lowest BCUT2D eigenvalue weighted by Gasteiger charge is -2.16. The number of nitrogens with zero attached hydrogens (tertiary/aromatic N) is 4. The van der Waals surface area contributed by atoms with E-state index in [1.165, 1.54) is 22.2 Å². The highest BCUT2D eigenvalue weighted by atomic mass is 32.2. The van der Waals surface area contributed by atoms with Gasteiger partial charge in [-0.15, -0.1) is 0 Å². The molecule has 2 aromatic rings. The van der Waals surface area contributed by atoms with Crippen molar-refractivity contribution < 1.29 is 8.42 Å². The lowest BCUT2D eigenvalue weighted by atomic mass is 10.3. The summed E-state index contributed by atoms with van der Waals surface area (Å²) < 4.78 is 27.3. The summed E-state index contributed by atoms with van der Waals surface area (Å²) in [6.45, 7) is 0.227. The maximum atomic E-state index is 12.3. The lowest BCUT2D eigenvalue weighted by molar-refractivity contribution is 0.466. The van der Waals surface area contributed by atoms with E-state index < -0.39 is 10.0 Å². The molecule has 0 radical (unpaired) electrons. The van der Waals surface area contributed by atoms with Gasteiger partial charge in [-0.1, -0.05) is 6.07 Å². The first-order valence-corrected chi connectivity index (χ1v) is 6.99. The van der Waals surface area contributed by atoms with E-state index in [0.29, 0.717) is 0 Å². The second kappa shape index (κ2) is 4.98. The third-order valence-electron chi connectivity index (χ3n) is 2.64. The van der Waals surface area contributed by atoms with E-state index in [1.54, 1.807) is 25.5 Å². The second-order valence-corrected chi connectivity index (χ2v) is 6.19. The van der Waals surface area contributed by atoms with Gasteiger partial charge in [0.05, 0.1) is 0 Å². The number of anilines is 1. The molecule has 2 aromatic heterocycles. The minimum Gasteiger partial charge on any atom is -0.381 e. The summed E-state index contributed by atoms with van der Waals surface area (Å²) in [6.07, 6.45) is 4.65. The van der Waals surface area contributed by atoms with Crippen LogP contribution in [0.1, 0.15) is 5.56 Å². The molecule has 0 aliphatic rings. The fourth-order valence-corrected chi connectivity index (χ4v) is 2.93. The molecular weight excluding hydrogens is 266 g/mol. The topological polar surface area (TPSA) is 94.1 Å². The van der Waals surface area contributed by atoms with Crippen molar-refractivity contribution in [2.75, 3.05) is 12.8 Å². The summed E-state index contributed by atoms with van der Waals surface area (Å²) >= 11 is 0. The quantitative estimate of drug-likeness (QED) is 0.865. The van der Waals surface area contributed by atoms with Crippen LogP contribution >= 0.6 is 0 Å². The Morgan fingerprint density at radius 2 is 2.21 bits per heavy atom. The molecule has 0 atom stereocenters. The minimum absolute atomic E-state index is 0.000497. The Labute approximate surface area is 111 Å². The van der Waals surface area contributed by atoms with Crippen LogP contribution in [-0.2, 0) is 23.6 Å². The van der Waals surface area contributed by atoms with Gasteiger partial charge in [-0.2, -0.15) is 9.40 Å². The standard InChI is InChI=1S/C11H15N5O2S/c1-15-8-10(11(12)14-15)19(17,18)16(2)7-9-4-3-5-13-6-9/h3-6,8H,7H2,1-2H3,(H2,12,14). The number of pyridine rings is 1. The third kappa shape index (κ3) is 2.74. The van der Waals surface area contributed by atoms with Crippen LogP contribution in [-0.4, -0.2) is 34.5 Å². The van der Waals surface area contributed by atoms with Crippen LogP contribution in [0, 0.1) is 0 Å². The number of hydrogen-bond acceptors (Lipinski definition) is 5. The van der Waals surface area contributed by atoms with E-state index in [1.807, 2.05) is 6.07 Å². The molecular formula is C11H15N5O2S. The highest BCUT2D eigenvalue weighted by molar-refractivity contribution is 7.89. The van der Waals surface area contributed by atoms with E-state index in [9.17, 15) is 8.42 Å². The molecule has 0 unspecified atom stereocenters. The van der Waals surface area contributed by atoms with E-state index in [-0.39, 0.29) is 17.3 Å². The molecule has 2 N–H and O–H groups in total. The molecule has 2 rings (SSSR count). The first-order chi connectivity index (χ1) is 8.91. The maximum absolute atomic E-state index is 12.3. The van der Waals surface area contributed by atoms with Gasteiger partial charge in [0, 0.05) is 39.2 Å². The number of nitrogen functional groups attached to an aromatic ring is 1. The van der Waals surface area contributed by atoms with E-state index >= 15 is 0 Å². The van der Waals surface area contributed by atoms with Crippen LogP contribution < -0.4 is 5.73 Å². The molecule has 2 heterocycles. The molecule has 0 amide bonds. The zero-order chi connectivity index (χ0) is 14.0. The smallest absolute Gasteiger partial charge is 0.248 e. The molecule has 7 nitrogen and oxygen atoms in total. The second-order valence-electron chi connectivity index (χ2n) is 4.17. The summed E-state index contributed by atoms with van der Waals surface area (Å²) in [5, 5.41) is 3.84. The van der Waals surface area contributed by atoms with Crippen LogP contribution in [0.5, 0.6) is 0 Å². The zero-order valence-corrected chi connectivity index (χ0v) is 11.5. The average molecular weight is 281 g/mol. The van der Waals surface area contributed by atoms with Crippen LogP contribution in [0.2, 0.25) is 0 Å². The molecule has 0 fully saturated rings. The monoisotopic (exact) mass is 281 g/mol. The Bertz CT molecular complexity index is 666. The van der Waals surface area contributed by atoms with Crippen molar-refractivity contribution in [3.63, 3.8) is 0 Å². The lowest BCUT2D eigenvalue weighted by Crippen LogP contribution is -2.26. The molecule has 0 bridgehead atoms. The molecule has 0 aliphatic carbocycles. The zero-order valence-electron chi connectivity index (χ0n) is 10.7. The number of nitrogens with two attached hydrogens (primary N) is 1. The Morgan fingerprint density at radius 1 is 1.47 bits per heavy atom. The molecule has 102 valence electrons. The number of aryl methyl sites for hydroxylation is 1. The van der Waals surface area contributed by atoms with Crippen molar-refractivity contribution >= 4 is 15.8 Å². The van der Waals surface area contributed by atoms with Gasteiger partial charge in [-0.25, -0.2) is 8.42 Å². The van der Waals surface area contributed by atoms with Gasteiger partial charge in [0.25, 0.3) is 0 Å². The molecule has 19 heavy (non-hydrogen) atoms. The van der Waals surface area contributed by atoms with Crippen molar-refractivity contribution in [3.05, 3.63) is 36.3 Å². The summed E-state index contributed by atoms with van der Waals surface area (Å²) in [5.41, 5.74) is 6.41. The van der Waals surface area contributed by atoms with Crippen LogP contribution in [0.15, 0.2) is 35.6 Å². The Morgan fingerprint density at radius 3 is 2.74 bits per heavy atom. The van der Waals surface area contributed by atoms with Gasteiger partial charge in [0.1, 0.15) is 4.90 Å². The van der Waals surface area contributed by atoms with E-state index in [0.717, 1.165) is 5.56 Å². The van der Waals surface area contributed by atoms with Gasteiger partial charge in [0.15, 0.2) is 5.82 Å². The fraction of sp³-hybridized carbons (Fsp3) is 0.273. The average Bonchev–Trinajstić information content (AvgIpc) is 2.70. The van der Waals surface area contributed by atoms with Gasteiger partial charge in [0.2, 0.25) is 10.0 Å². The number of sulfonamides is 1. The van der Waals surface area contributed by atoms with Gasteiger partial charge in [-0.05, 0) is 11.6 Å². The van der Waals surface area contributed by atoms with Gasteiger partial charge in [-0.3, -0.25) is 9.67 Å². The summed E-state index contributed by atoms with van der Waals surface area (Å²) in [6, 6.07) is 3.57. The van der Waals surface area contributed by atoms with E-state index in [4.69, 9.17) is 5.73 Å². The molecule has 0 spiro atoms. The first kappa shape index (κ1) is 13.5. The molecule has 0 aliphatic heterocycles. The normalized spacial score (nSPS) is 11.9. The molecule has 0 saturated carbocycles. The third-order valence-corrected chi connectivity index (χ3v) is 4.46. The SMILES string of the molecule is CN(Cc1cccnc1)S(=O)(=O)c1cn(C)nc1N. The Kier molecular flexibility index (Phi) is 3.54. The van der Waals surface area contributed by atoms with Crippen LogP contribution in [0.3, 0.4) is 0 Å². The number of aromatic nitrogens is 3. The summed E-state index contributed by atoms with van der Waals surface area (Å²) in [4.78, 5) is 3.97. The Balaban J connectivity index is 2.27. The predicted molar refractivity (Wildman–Crippen MR) is 70.5 cm³/mol. The van der Waals surface area contributed by atoms with Crippen molar-refractivity contribution in [1.29, 1.82) is 0 Å². The minimum atomic E-state index is -3.65. The summed E-state index contributed by atoms with van der Waals surface area (Å²) in [7, 11) is -0.533. The van der Waals surface area contributed by atoms with Gasteiger partial charge >= 0.3 is 0 Å². The molecule has 8 heteroatoms. The van der Waals surface area contributed by atoms with Crippen molar-refractivity contribution in [3.8, 4) is 0 Å². The van der Waals surface area contributed by atoms with Crippen molar-refractivity contribution in [2.45, 2.75) is 11.4 Å². The predicted octanol–water partition coefficient (Wildman–Crippen LogP) is 0.218. The first-order valence-electron chi connectivity index (χ1n) is 5.55. The highest BCUT2D eigenvalue weighted by Crippen LogP contribution is 2.20. The number of hydrogen-bond donors (Lipinski definition) is 1. The van der Waals surface area contributed by atoms with Crippen LogP contribution in [0.25, 0.3) is 0 Å². The highest BCUT2D eigenvalue weighted by Gasteiger charge is 2.25. The Hall–Kier alpha value is -1.93. The fourth-order valence-electron chi connectivity index (χ4n) is 1.68. The molecule has 0 saturated heterocycles. The van der Waals surface area contributed by atoms with Gasteiger partial charge < -0.3 is 5.73 Å². The molecule has 0 aromatic carbocycles.